The second kappa shape index (κ2) is 6.37. The number of hydrogen-bond donors (Lipinski definition) is 0. The third kappa shape index (κ3) is 4.72. The molecule has 0 N–H and O–H groups in total. The zero-order valence-electron chi connectivity index (χ0n) is 11.5. The molecule has 0 saturated carbocycles. The lowest BCUT2D eigenvalue weighted by Gasteiger charge is -2.29. The summed E-state index contributed by atoms with van der Waals surface area (Å²) in [5.74, 6) is -6.63. The van der Waals surface area contributed by atoms with E-state index in [-0.39, 0.29) is 0 Å². The van der Waals surface area contributed by atoms with Crippen LogP contribution in [0.2, 0.25) is 0 Å². The highest BCUT2D eigenvalue weighted by Crippen LogP contribution is 2.46. The van der Waals surface area contributed by atoms with Crippen LogP contribution in [0.5, 0.6) is 0 Å². The van der Waals surface area contributed by atoms with Crippen molar-refractivity contribution < 1.29 is 45.0 Å². The van der Waals surface area contributed by atoms with Gasteiger partial charge in [0.15, 0.2) is 0 Å². The van der Waals surface area contributed by atoms with Crippen molar-refractivity contribution in [2.24, 2.45) is 5.41 Å². The molecule has 21 heavy (non-hydrogen) atoms. The summed E-state index contributed by atoms with van der Waals surface area (Å²) in [6, 6.07) is 0. The molecule has 0 aromatic heterocycles. The van der Waals surface area contributed by atoms with E-state index < -0.39 is 42.8 Å². The quantitative estimate of drug-likeness (QED) is 0.423. The second-order valence-corrected chi connectivity index (χ2v) is 4.81. The Morgan fingerprint density at radius 1 is 0.905 bits per heavy atom. The van der Waals surface area contributed by atoms with Crippen molar-refractivity contribution in [2.45, 2.75) is 45.4 Å². The van der Waals surface area contributed by atoms with Crippen molar-refractivity contribution in [2.75, 3.05) is 13.2 Å². The number of rotatable bonds is 6. The molecule has 0 bridgehead atoms. The average Bonchev–Trinajstić information content (AvgIpc) is 2.30. The van der Waals surface area contributed by atoms with Crippen molar-refractivity contribution in [1.82, 2.24) is 0 Å². The maximum Gasteiger partial charge on any atom is 0.458 e. The Kier molecular flexibility index (Phi) is 6.05. The van der Waals surface area contributed by atoms with Crippen molar-refractivity contribution in [1.29, 1.82) is 0 Å². The van der Waals surface area contributed by atoms with E-state index in [9.17, 15) is 35.5 Å². The number of carbonyl (C=O) groups excluding carboxylic acids is 1. The van der Waals surface area contributed by atoms with Crippen molar-refractivity contribution in [3.8, 4) is 0 Å². The topological polar surface area (TPSA) is 35.5 Å². The Balaban J connectivity index is 4.60. The monoisotopic (exact) mass is 328 g/mol. The van der Waals surface area contributed by atoms with Crippen LogP contribution in [0.25, 0.3) is 0 Å². The van der Waals surface area contributed by atoms with E-state index in [0.29, 0.717) is 6.42 Å². The van der Waals surface area contributed by atoms with Gasteiger partial charge in [-0.05, 0) is 20.3 Å². The molecule has 0 aromatic rings. The van der Waals surface area contributed by atoms with E-state index in [1.165, 1.54) is 13.8 Å². The third-order valence-electron chi connectivity index (χ3n) is 2.78. The smallest absolute Gasteiger partial charge is 0.458 e. The predicted octanol–water partition coefficient (Wildman–Crippen LogP) is 3.77. The molecule has 0 spiro atoms. The average molecular weight is 328 g/mol. The van der Waals surface area contributed by atoms with Crippen molar-refractivity contribution in [3.05, 3.63) is 0 Å². The van der Waals surface area contributed by atoms with Crippen LogP contribution in [0.15, 0.2) is 0 Å². The first kappa shape index (κ1) is 19.9. The minimum absolute atomic E-state index is 0.338. The molecule has 10 heteroatoms. The number of esters is 1. The molecular formula is C11H15F7O3. The molecule has 0 aromatic carbocycles. The van der Waals surface area contributed by atoms with Crippen LogP contribution >= 0.6 is 0 Å². The Morgan fingerprint density at radius 2 is 1.33 bits per heavy atom. The van der Waals surface area contributed by atoms with Gasteiger partial charge < -0.3 is 9.47 Å². The molecule has 3 nitrogen and oxygen atoms in total. The predicted molar refractivity (Wildman–Crippen MR) is 56.9 cm³/mol. The molecule has 0 radical (unpaired) electrons. The number of hydrogen-bond acceptors (Lipinski definition) is 3. The maximum atomic E-state index is 13.0. The number of carbonyl (C=O) groups is 1. The van der Waals surface area contributed by atoms with Gasteiger partial charge in [0.05, 0.1) is 12.0 Å². The molecule has 126 valence electrons. The van der Waals surface area contributed by atoms with Crippen LogP contribution in [0.1, 0.15) is 27.2 Å². The van der Waals surface area contributed by atoms with Gasteiger partial charge in [0.25, 0.3) is 0 Å². The fourth-order valence-electron chi connectivity index (χ4n) is 0.981. The largest absolute Gasteiger partial charge is 0.463 e. The van der Waals surface area contributed by atoms with Crippen molar-refractivity contribution in [3.63, 3.8) is 0 Å². The van der Waals surface area contributed by atoms with E-state index in [2.05, 4.69) is 9.47 Å². The highest BCUT2D eigenvalue weighted by molar-refractivity contribution is 5.75. The molecule has 0 rings (SSSR count). The summed E-state index contributed by atoms with van der Waals surface area (Å²) in [6.45, 7) is 2.26. The standard InChI is InChI=1S/C11H15F7O3/c1-4-8(2,3)7(19)20-5-6-21-9(12,10(13,14)15)11(16,17)18/h4-6H2,1-3H3. The van der Waals surface area contributed by atoms with Crippen LogP contribution in [-0.2, 0) is 14.3 Å². The SMILES string of the molecule is CCC(C)(C)C(=O)OCCOC(F)(C(F)(F)F)C(F)(F)F. The van der Waals surface area contributed by atoms with Gasteiger partial charge in [0.1, 0.15) is 6.61 Å². The Hall–Kier alpha value is -1.06. The highest BCUT2D eigenvalue weighted by atomic mass is 19.4. The fourth-order valence-corrected chi connectivity index (χ4v) is 0.981. The number of halogens is 7. The lowest BCUT2D eigenvalue weighted by molar-refractivity contribution is -0.430. The second-order valence-electron chi connectivity index (χ2n) is 4.81. The van der Waals surface area contributed by atoms with Gasteiger partial charge >= 0.3 is 24.2 Å². The number of alkyl halides is 7. The molecule has 0 amide bonds. The Morgan fingerprint density at radius 3 is 1.67 bits per heavy atom. The van der Waals surface area contributed by atoms with E-state index in [4.69, 9.17) is 0 Å². The zero-order chi connectivity index (χ0) is 17.1. The first-order valence-electron chi connectivity index (χ1n) is 5.82. The summed E-state index contributed by atoms with van der Waals surface area (Å²) in [7, 11) is 0. The van der Waals surface area contributed by atoms with Gasteiger partial charge in [-0.2, -0.15) is 30.7 Å². The van der Waals surface area contributed by atoms with Crippen molar-refractivity contribution >= 4 is 5.97 Å². The first-order valence-corrected chi connectivity index (χ1v) is 5.82. The minimum Gasteiger partial charge on any atom is -0.463 e. The van der Waals surface area contributed by atoms with Crippen LogP contribution < -0.4 is 0 Å². The molecule has 0 heterocycles. The van der Waals surface area contributed by atoms with E-state index in [1.54, 1.807) is 6.92 Å². The van der Waals surface area contributed by atoms with E-state index >= 15 is 0 Å². The molecular weight excluding hydrogens is 313 g/mol. The van der Waals surface area contributed by atoms with Gasteiger partial charge in [-0.3, -0.25) is 4.79 Å². The van der Waals surface area contributed by atoms with E-state index in [1.807, 2.05) is 0 Å². The molecule has 0 saturated heterocycles. The molecule has 0 unspecified atom stereocenters. The molecule has 0 aliphatic heterocycles. The van der Waals surface area contributed by atoms with Gasteiger partial charge in [-0.15, -0.1) is 0 Å². The molecule has 0 atom stereocenters. The summed E-state index contributed by atoms with van der Waals surface area (Å²) in [5, 5.41) is 0. The first-order chi connectivity index (χ1) is 9.19. The van der Waals surface area contributed by atoms with Gasteiger partial charge in [-0.1, -0.05) is 6.92 Å². The summed E-state index contributed by atoms with van der Waals surface area (Å²) in [4.78, 5) is 11.4. The number of ether oxygens (including phenoxy) is 2. The fraction of sp³-hybridized carbons (Fsp3) is 0.909. The van der Waals surface area contributed by atoms with Crippen LogP contribution in [0, 0.1) is 5.41 Å². The van der Waals surface area contributed by atoms with E-state index in [0.717, 1.165) is 0 Å². The maximum absolute atomic E-state index is 13.0. The lowest BCUT2D eigenvalue weighted by Crippen LogP contribution is -2.55. The normalized spacial score (nSPS) is 14.2. The van der Waals surface area contributed by atoms with Gasteiger partial charge in [0, 0.05) is 0 Å². The lowest BCUT2D eigenvalue weighted by atomic mass is 9.91. The zero-order valence-corrected chi connectivity index (χ0v) is 11.5. The minimum atomic E-state index is -6.29. The highest BCUT2D eigenvalue weighted by Gasteiger charge is 2.74. The van der Waals surface area contributed by atoms with Crippen LogP contribution in [-0.4, -0.2) is 37.4 Å². The van der Waals surface area contributed by atoms with Gasteiger partial charge in [0.2, 0.25) is 0 Å². The molecule has 0 fully saturated rings. The molecule has 0 aliphatic rings. The van der Waals surface area contributed by atoms with Crippen LogP contribution in [0.4, 0.5) is 30.7 Å². The third-order valence-corrected chi connectivity index (χ3v) is 2.78. The van der Waals surface area contributed by atoms with Gasteiger partial charge in [-0.25, -0.2) is 0 Å². The van der Waals surface area contributed by atoms with Crippen LogP contribution in [0.3, 0.4) is 0 Å². The molecule has 0 aliphatic carbocycles. The Bertz CT molecular complexity index is 346. The Labute approximate surface area is 116 Å². The summed E-state index contributed by atoms with van der Waals surface area (Å²) in [5.41, 5.74) is -0.957. The summed E-state index contributed by atoms with van der Waals surface area (Å²) >= 11 is 0. The summed E-state index contributed by atoms with van der Waals surface area (Å²) < 4.78 is 93.3. The summed E-state index contributed by atoms with van der Waals surface area (Å²) in [6.07, 6.45) is -12.2.